The molecule has 1 N–H and O–H groups in total. The fourth-order valence-electron chi connectivity index (χ4n) is 1.55. The van der Waals surface area contributed by atoms with Gasteiger partial charge < -0.3 is 10.1 Å². The second-order valence-electron chi connectivity index (χ2n) is 3.58. The topological polar surface area (TPSA) is 34.2 Å². The zero-order valence-electron chi connectivity index (χ0n) is 10.1. The maximum absolute atomic E-state index is 5.54. The van der Waals surface area contributed by atoms with E-state index < -0.39 is 0 Å². The number of hydrogen-bond acceptors (Lipinski definition) is 3. The van der Waals surface area contributed by atoms with E-state index in [-0.39, 0.29) is 0 Å². The summed E-state index contributed by atoms with van der Waals surface area (Å²) in [4.78, 5) is 4.41. The lowest BCUT2D eigenvalue weighted by Gasteiger charge is -2.13. The average Bonchev–Trinajstić information content (AvgIpc) is 2.17. The number of hydrogen-bond donors (Lipinski definition) is 1. The van der Waals surface area contributed by atoms with Gasteiger partial charge in [-0.25, -0.2) is 4.98 Å². The van der Waals surface area contributed by atoms with Gasteiger partial charge in [-0.2, -0.15) is 0 Å². The standard InChI is InChI=1S/C12H20N2O/c1-5-13-8-11-9(3)7-10(4)14-12(11)15-6-2/h7,13H,5-6,8H2,1-4H3. The summed E-state index contributed by atoms with van der Waals surface area (Å²) in [5.74, 6) is 0.774. The summed E-state index contributed by atoms with van der Waals surface area (Å²) in [6.45, 7) is 10.6. The Balaban J connectivity index is 2.97. The molecule has 0 aromatic carbocycles. The SMILES string of the molecule is CCNCc1c(C)cc(C)nc1OCC. The highest BCUT2D eigenvalue weighted by Gasteiger charge is 2.08. The van der Waals surface area contributed by atoms with E-state index in [1.54, 1.807) is 0 Å². The Morgan fingerprint density at radius 2 is 2.07 bits per heavy atom. The molecule has 0 saturated carbocycles. The molecule has 84 valence electrons. The molecule has 15 heavy (non-hydrogen) atoms. The predicted molar refractivity (Wildman–Crippen MR) is 62.3 cm³/mol. The van der Waals surface area contributed by atoms with Crippen LogP contribution in [-0.2, 0) is 6.54 Å². The molecule has 0 aliphatic heterocycles. The lowest BCUT2D eigenvalue weighted by atomic mass is 10.1. The highest BCUT2D eigenvalue weighted by molar-refractivity contribution is 5.35. The molecule has 0 aliphatic rings. The van der Waals surface area contributed by atoms with Crippen molar-refractivity contribution in [1.82, 2.24) is 10.3 Å². The van der Waals surface area contributed by atoms with Gasteiger partial charge in [0.05, 0.1) is 6.61 Å². The predicted octanol–water partition coefficient (Wildman–Crippen LogP) is 2.21. The Morgan fingerprint density at radius 1 is 1.33 bits per heavy atom. The Labute approximate surface area is 91.9 Å². The van der Waals surface area contributed by atoms with Crippen molar-refractivity contribution in [2.75, 3.05) is 13.2 Å². The van der Waals surface area contributed by atoms with Crippen molar-refractivity contribution in [3.8, 4) is 5.88 Å². The highest BCUT2D eigenvalue weighted by Crippen LogP contribution is 2.20. The van der Waals surface area contributed by atoms with Crippen molar-refractivity contribution in [2.24, 2.45) is 0 Å². The minimum Gasteiger partial charge on any atom is -0.478 e. The van der Waals surface area contributed by atoms with Crippen LogP contribution in [0.25, 0.3) is 0 Å². The lowest BCUT2D eigenvalue weighted by Crippen LogP contribution is -2.15. The third-order valence-electron chi connectivity index (χ3n) is 2.27. The fourth-order valence-corrected chi connectivity index (χ4v) is 1.55. The third kappa shape index (κ3) is 3.20. The summed E-state index contributed by atoms with van der Waals surface area (Å²) < 4.78 is 5.54. The quantitative estimate of drug-likeness (QED) is 0.805. The van der Waals surface area contributed by atoms with E-state index in [2.05, 4.69) is 30.2 Å². The Morgan fingerprint density at radius 3 is 2.67 bits per heavy atom. The Kier molecular flexibility index (Phi) is 4.56. The fraction of sp³-hybridized carbons (Fsp3) is 0.583. The van der Waals surface area contributed by atoms with Crippen molar-refractivity contribution < 1.29 is 4.74 Å². The van der Waals surface area contributed by atoms with Crippen LogP contribution in [0.3, 0.4) is 0 Å². The normalized spacial score (nSPS) is 10.4. The first kappa shape index (κ1) is 12.0. The van der Waals surface area contributed by atoms with E-state index in [9.17, 15) is 0 Å². The van der Waals surface area contributed by atoms with Gasteiger partial charge in [0.2, 0.25) is 5.88 Å². The largest absolute Gasteiger partial charge is 0.478 e. The molecule has 3 nitrogen and oxygen atoms in total. The molecule has 0 atom stereocenters. The van der Waals surface area contributed by atoms with E-state index in [0.29, 0.717) is 6.61 Å². The lowest BCUT2D eigenvalue weighted by molar-refractivity contribution is 0.321. The molecule has 0 aliphatic carbocycles. The summed E-state index contributed by atoms with van der Waals surface area (Å²) in [6, 6.07) is 2.09. The van der Waals surface area contributed by atoms with Crippen LogP contribution in [0, 0.1) is 13.8 Å². The van der Waals surface area contributed by atoms with Crippen LogP contribution in [-0.4, -0.2) is 18.1 Å². The molecule has 1 aromatic rings. The third-order valence-corrected chi connectivity index (χ3v) is 2.27. The minimum atomic E-state index is 0.662. The molecule has 1 heterocycles. The van der Waals surface area contributed by atoms with Crippen LogP contribution in [0.5, 0.6) is 5.88 Å². The highest BCUT2D eigenvalue weighted by atomic mass is 16.5. The first-order valence-electron chi connectivity index (χ1n) is 5.49. The van der Waals surface area contributed by atoms with Crippen molar-refractivity contribution in [1.29, 1.82) is 0 Å². The molecule has 0 bridgehead atoms. The summed E-state index contributed by atoms with van der Waals surface area (Å²) in [5.41, 5.74) is 3.42. The second-order valence-corrected chi connectivity index (χ2v) is 3.58. The minimum absolute atomic E-state index is 0.662. The number of aryl methyl sites for hydroxylation is 2. The van der Waals surface area contributed by atoms with E-state index in [1.807, 2.05) is 13.8 Å². The van der Waals surface area contributed by atoms with Crippen LogP contribution in [0.1, 0.15) is 30.7 Å². The van der Waals surface area contributed by atoms with Crippen LogP contribution in [0.2, 0.25) is 0 Å². The molecule has 1 rings (SSSR count). The van der Waals surface area contributed by atoms with E-state index in [0.717, 1.165) is 24.7 Å². The maximum atomic E-state index is 5.54. The second kappa shape index (κ2) is 5.71. The summed E-state index contributed by atoms with van der Waals surface area (Å²) in [7, 11) is 0. The molecule has 0 unspecified atom stereocenters. The molecule has 3 heteroatoms. The number of nitrogens with one attached hydrogen (secondary N) is 1. The van der Waals surface area contributed by atoms with E-state index >= 15 is 0 Å². The van der Waals surface area contributed by atoms with Crippen molar-refractivity contribution >= 4 is 0 Å². The Bertz CT molecular complexity index is 324. The molecular weight excluding hydrogens is 188 g/mol. The first-order valence-corrected chi connectivity index (χ1v) is 5.49. The van der Waals surface area contributed by atoms with Crippen LogP contribution in [0.4, 0.5) is 0 Å². The van der Waals surface area contributed by atoms with Gasteiger partial charge in [0.15, 0.2) is 0 Å². The first-order chi connectivity index (χ1) is 7.19. The van der Waals surface area contributed by atoms with Gasteiger partial charge in [0.1, 0.15) is 0 Å². The summed E-state index contributed by atoms with van der Waals surface area (Å²) in [5, 5.41) is 3.30. The number of aromatic nitrogens is 1. The van der Waals surface area contributed by atoms with Gasteiger partial charge in [-0.1, -0.05) is 6.92 Å². The molecular formula is C12H20N2O. The smallest absolute Gasteiger partial charge is 0.218 e. The average molecular weight is 208 g/mol. The van der Waals surface area contributed by atoms with Crippen molar-refractivity contribution in [2.45, 2.75) is 34.2 Å². The van der Waals surface area contributed by atoms with Gasteiger partial charge in [0, 0.05) is 17.8 Å². The van der Waals surface area contributed by atoms with E-state index in [1.165, 1.54) is 11.1 Å². The molecule has 0 radical (unpaired) electrons. The van der Waals surface area contributed by atoms with Crippen LogP contribution >= 0.6 is 0 Å². The maximum Gasteiger partial charge on any atom is 0.218 e. The molecule has 1 aromatic heterocycles. The molecule has 0 amide bonds. The summed E-state index contributed by atoms with van der Waals surface area (Å²) >= 11 is 0. The zero-order chi connectivity index (χ0) is 11.3. The summed E-state index contributed by atoms with van der Waals surface area (Å²) in [6.07, 6.45) is 0. The monoisotopic (exact) mass is 208 g/mol. The number of ether oxygens (including phenoxy) is 1. The van der Waals surface area contributed by atoms with Gasteiger partial charge in [-0.05, 0) is 38.9 Å². The molecule has 0 fully saturated rings. The Hall–Kier alpha value is -1.09. The van der Waals surface area contributed by atoms with Gasteiger partial charge in [-0.15, -0.1) is 0 Å². The molecule has 0 saturated heterocycles. The van der Waals surface area contributed by atoms with Gasteiger partial charge >= 0.3 is 0 Å². The molecule has 0 spiro atoms. The van der Waals surface area contributed by atoms with Crippen LogP contribution in [0.15, 0.2) is 6.07 Å². The number of rotatable bonds is 5. The van der Waals surface area contributed by atoms with Gasteiger partial charge in [0.25, 0.3) is 0 Å². The number of pyridine rings is 1. The zero-order valence-corrected chi connectivity index (χ0v) is 10.1. The van der Waals surface area contributed by atoms with Crippen molar-refractivity contribution in [3.63, 3.8) is 0 Å². The van der Waals surface area contributed by atoms with Crippen LogP contribution < -0.4 is 10.1 Å². The van der Waals surface area contributed by atoms with Gasteiger partial charge in [-0.3, -0.25) is 0 Å². The van der Waals surface area contributed by atoms with E-state index in [4.69, 9.17) is 4.74 Å². The van der Waals surface area contributed by atoms with Crippen molar-refractivity contribution in [3.05, 3.63) is 22.9 Å². The number of nitrogens with zero attached hydrogens (tertiary/aromatic N) is 1.